The van der Waals surface area contributed by atoms with Gasteiger partial charge in [-0.25, -0.2) is 0 Å². The molecule has 2 rings (SSSR count). The molecule has 1 aliphatic heterocycles. The highest BCUT2D eigenvalue weighted by Gasteiger charge is 2.36. The van der Waals surface area contributed by atoms with Crippen molar-refractivity contribution in [1.82, 2.24) is 0 Å². The summed E-state index contributed by atoms with van der Waals surface area (Å²) in [5, 5.41) is 19.5. The summed E-state index contributed by atoms with van der Waals surface area (Å²) in [6.45, 7) is 3.66. The van der Waals surface area contributed by atoms with Crippen LogP contribution in [0.1, 0.15) is 29.8 Å². The van der Waals surface area contributed by atoms with Crippen molar-refractivity contribution in [3.63, 3.8) is 0 Å². The molecule has 0 spiro atoms. The maximum absolute atomic E-state index is 11.0. The standard InChI is InChI=1S/C11H13NO4/c1-11(2)4-6-7(13)3-5(10(12)15)8(14)9(6)16-11/h3,13-14H,4H2,1-2H3,(H2,12,15). The monoisotopic (exact) mass is 223 g/mol. The number of nitrogens with two attached hydrogens (primary N) is 1. The van der Waals surface area contributed by atoms with E-state index in [1.165, 1.54) is 6.07 Å². The minimum Gasteiger partial charge on any atom is -0.507 e. The number of phenolic OH excluding ortho intramolecular Hbond substituents is 1. The van der Waals surface area contributed by atoms with Gasteiger partial charge in [-0.3, -0.25) is 4.79 Å². The molecule has 1 aromatic rings. The van der Waals surface area contributed by atoms with Crippen LogP contribution >= 0.6 is 0 Å². The van der Waals surface area contributed by atoms with Gasteiger partial charge in [-0.2, -0.15) is 0 Å². The van der Waals surface area contributed by atoms with Crippen LogP contribution in [0, 0.1) is 0 Å². The summed E-state index contributed by atoms with van der Waals surface area (Å²) in [6, 6.07) is 1.17. The maximum atomic E-state index is 11.0. The fraction of sp³-hybridized carbons (Fsp3) is 0.364. The molecule has 86 valence electrons. The van der Waals surface area contributed by atoms with Crippen LogP contribution < -0.4 is 10.5 Å². The van der Waals surface area contributed by atoms with Crippen LogP contribution in [-0.2, 0) is 6.42 Å². The smallest absolute Gasteiger partial charge is 0.252 e. The normalized spacial score (nSPS) is 16.6. The van der Waals surface area contributed by atoms with Gasteiger partial charge in [0.2, 0.25) is 0 Å². The number of fused-ring (bicyclic) bond motifs is 1. The predicted octanol–water partition coefficient (Wildman–Crippen LogP) is 0.910. The van der Waals surface area contributed by atoms with Gasteiger partial charge in [-0.15, -0.1) is 0 Å². The van der Waals surface area contributed by atoms with Gasteiger partial charge >= 0.3 is 0 Å². The molecule has 0 atom stereocenters. The van der Waals surface area contributed by atoms with Gasteiger partial charge in [0.25, 0.3) is 5.91 Å². The minimum atomic E-state index is -0.802. The second kappa shape index (κ2) is 3.04. The molecule has 0 aliphatic carbocycles. The molecule has 1 aromatic carbocycles. The first-order chi connectivity index (χ1) is 7.32. The Morgan fingerprint density at radius 1 is 1.50 bits per heavy atom. The zero-order valence-corrected chi connectivity index (χ0v) is 9.07. The molecule has 0 fully saturated rings. The molecule has 1 amide bonds. The average Bonchev–Trinajstić information content (AvgIpc) is 2.48. The SMILES string of the molecule is CC1(C)Cc2c(O)cc(C(N)=O)c(O)c2O1. The van der Waals surface area contributed by atoms with Crippen molar-refractivity contribution < 1.29 is 19.7 Å². The molecule has 0 aromatic heterocycles. The third kappa shape index (κ3) is 1.44. The van der Waals surface area contributed by atoms with Gasteiger partial charge in [-0.05, 0) is 19.9 Å². The first-order valence-corrected chi connectivity index (χ1v) is 4.88. The van der Waals surface area contributed by atoms with Crippen molar-refractivity contribution in [3.8, 4) is 17.2 Å². The van der Waals surface area contributed by atoms with Crippen molar-refractivity contribution in [2.45, 2.75) is 25.9 Å². The number of amides is 1. The lowest BCUT2D eigenvalue weighted by molar-refractivity contribution is 0.0993. The molecule has 0 saturated heterocycles. The van der Waals surface area contributed by atoms with E-state index in [-0.39, 0.29) is 22.8 Å². The third-order valence-electron chi connectivity index (χ3n) is 2.58. The fourth-order valence-electron chi connectivity index (χ4n) is 1.88. The summed E-state index contributed by atoms with van der Waals surface area (Å²) in [6.07, 6.45) is 0.473. The molecule has 0 saturated carbocycles. The molecule has 1 heterocycles. The molecule has 1 aliphatic rings. The van der Waals surface area contributed by atoms with Crippen LogP contribution in [-0.4, -0.2) is 21.7 Å². The molecular weight excluding hydrogens is 210 g/mol. The van der Waals surface area contributed by atoms with Crippen LogP contribution in [0.2, 0.25) is 0 Å². The Morgan fingerprint density at radius 3 is 2.69 bits per heavy atom. The molecule has 4 N–H and O–H groups in total. The summed E-state index contributed by atoms with van der Waals surface area (Å²) in [5.74, 6) is -1.03. The Hall–Kier alpha value is -1.91. The van der Waals surface area contributed by atoms with E-state index in [2.05, 4.69) is 0 Å². The lowest BCUT2D eigenvalue weighted by Crippen LogP contribution is -2.24. The lowest BCUT2D eigenvalue weighted by Gasteiger charge is -2.17. The van der Waals surface area contributed by atoms with E-state index in [1.54, 1.807) is 0 Å². The molecule has 0 bridgehead atoms. The summed E-state index contributed by atoms with van der Waals surface area (Å²) in [5.41, 5.74) is 4.95. The van der Waals surface area contributed by atoms with Crippen LogP contribution in [0.5, 0.6) is 17.2 Å². The van der Waals surface area contributed by atoms with E-state index >= 15 is 0 Å². The fourth-order valence-corrected chi connectivity index (χ4v) is 1.88. The van der Waals surface area contributed by atoms with Gasteiger partial charge in [-0.1, -0.05) is 0 Å². The number of benzene rings is 1. The van der Waals surface area contributed by atoms with Gasteiger partial charge in [0.1, 0.15) is 11.4 Å². The number of hydrogen-bond donors (Lipinski definition) is 3. The number of rotatable bonds is 1. The molecular formula is C11H13NO4. The van der Waals surface area contributed by atoms with E-state index in [4.69, 9.17) is 10.5 Å². The predicted molar refractivity (Wildman–Crippen MR) is 56.7 cm³/mol. The second-order valence-corrected chi connectivity index (χ2v) is 4.50. The Kier molecular flexibility index (Phi) is 2.01. The summed E-state index contributed by atoms with van der Waals surface area (Å²) < 4.78 is 5.48. The summed E-state index contributed by atoms with van der Waals surface area (Å²) in [7, 11) is 0. The van der Waals surface area contributed by atoms with Crippen molar-refractivity contribution in [1.29, 1.82) is 0 Å². The third-order valence-corrected chi connectivity index (χ3v) is 2.58. The van der Waals surface area contributed by atoms with Crippen molar-refractivity contribution in [3.05, 3.63) is 17.2 Å². The van der Waals surface area contributed by atoms with E-state index in [1.807, 2.05) is 13.8 Å². The maximum Gasteiger partial charge on any atom is 0.252 e. The Labute approximate surface area is 92.5 Å². The number of carbonyl (C=O) groups is 1. The molecule has 0 radical (unpaired) electrons. The number of phenols is 2. The van der Waals surface area contributed by atoms with E-state index in [0.29, 0.717) is 12.0 Å². The topological polar surface area (TPSA) is 92.8 Å². The molecule has 5 heteroatoms. The Balaban J connectivity index is 2.64. The number of primary amides is 1. The molecule has 5 nitrogen and oxygen atoms in total. The molecule has 16 heavy (non-hydrogen) atoms. The highest BCUT2D eigenvalue weighted by Crippen LogP contribution is 2.47. The van der Waals surface area contributed by atoms with Gasteiger partial charge in [0, 0.05) is 12.0 Å². The zero-order chi connectivity index (χ0) is 12.1. The highest BCUT2D eigenvalue weighted by atomic mass is 16.5. The Morgan fingerprint density at radius 2 is 2.12 bits per heavy atom. The van der Waals surface area contributed by atoms with E-state index in [0.717, 1.165) is 0 Å². The summed E-state index contributed by atoms with van der Waals surface area (Å²) in [4.78, 5) is 11.0. The highest BCUT2D eigenvalue weighted by molar-refractivity contribution is 5.97. The Bertz CT molecular complexity index is 479. The first-order valence-electron chi connectivity index (χ1n) is 4.88. The van der Waals surface area contributed by atoms with Gasteiger partial charge < -0.3 is 20.7 Å². The summed E-state index contributed by atoms with van der Waals surface area (Å²) >= 11 is 0. The van der Waals surface area contributed by atoms with Crippen molar-refractivity contribution in [2.75, 3.05) is 0 Å². The van der Waals surface area contributed by atoms with Gasteiger partial charge in [0.15, 0.2) is 11.5 Å². The first kappa shape index (κ1) is 10.6. The van der Waals surface area contributed by atoms with Crippen LogP contribution in [0.4, 0.5) is 0 Å². The largest absolute Gasteiger partial charge is 0.507 e. The van der Waals surface area contributed by atoms with Crippen molar-refractivity contribution in [2.24, 2.45) is 5.73 Å². The zero-order valence-electron chi connectivity index (χ0n) is 9.07. The quantitative estimate of drug-likeness (QED) is 0.617. The number of hydrogen-bond acceptors (Lipinski definition) is 4. The number of aromatic hydroxyl groups is 2. The lowest BCUT2D eigenvalue weighted by atomic mass is 9.99. The van der Waals surface area contributed by atoms with Crippen LogP contribution in [0.15, 0.2) is 6.07 Å². The minimum absolute atomic E-state index is 0.0767. The van der Waals surface area contributed by atoms with E-state index in [9.17, 15) is 15.0 Å². The number of ether oxygens (including phenoxy) is 1. The average molecular weight is 223 g/mol. The van der Waals surface area contributed by atoms with Crippen LogP contribution in [0.25, 0.3) is 0 Å². The van der Waals surface area contributed by atoms with Crippen molar-refractivity contribution >= 4 is 5.91 Å². The number of carbonyl (C=O) groups excluding carboxylic acids is 1. The second-order valence-electron chi connectivity index (χ2n) is 4.50. The molecule has 0 unspecified atom stereocenters. The van der Waals surface area contributed by atoms with Gasteiger partial charge in [0.05, 0.1) is 5.56 Å². The van der Waals surface area contributed by atoms with Crippen LogP contribution in [0.3, 0.4) is 0 Å². The van der Waals surface area contributed by atoms with E-state index < -0.39 is 11.5 Å².